The molecule has 0 aromatic carbocycles. The Morgan fingerprint density at radius 2 is 1.78 bits per heavy atom. The van der Waals surface area contributed by atoms with Gasteiger partial charge in [0.25, 0.3) is 0 Å². The number of hydrogen-bond donors (Lipinski definition) is 2. The molecule has 0 aliphatic heterocycles. The number of esters is 1. The summed E-state index contributed by atoms with van der Waals surface area (Å²) in [5.74, 6) is -1.46. The standard InChI is InChI=1S/C13H24O5/c1-2-3-6-11(14)7-4-5-10-18-13(17)9-8-12(15)16/h11,14H,2-10H2,1H3,(H,15,16). The number of rotatable bonds is 11. The summed E-state index contributed by atoms with van der Waals surface area (Å²) in [6, 6.07) is 0. The zero-order valence-electron chi connectivity index (χ0n) is 11.1. The lowest BCUT2D eigenvalue weighted by molar-refractivity contribution is -0.147. The molecule has 0 saturated heterocycles. The first-order valence-corrected chi connectivity index (χ1v) is 6.61. The summed E-state index contributed by atoms with van der Waals surface area (Å²) in [7, 11) is 0. The van der Waals surface area contributed by atoms with Crippen molar-refractivity contribution in [3.05, 3.63) is 0 Å². The fourth-order valence-electron chi connectivity index (χ4n) is 1.53. The summed E-state index contributed by atoms with van der Waals surface area (Å²) in [6.07, 6.45) is 4.68. The molecule has 1 atom stereocenters. The molecule has 0 aliphatic carbocycles. The number of hydrogen-bond acceptors (Lipinski definition) is 4. The first-order valence-electron chi connectivity index (χ1n) is 6.61. The number of carboxylic acid groups (broad SMARTS) is 1. The molecule has 1 unspecified atom stereocenters. The number of carbonyl (C=O) groups is 2. The molecule has 106 valence electrons. The third-order valence-electron chi connectivity index (χ3n) is 2.63. The fourth-order valence-corrected chi connectivity index (χ4v) is 1.53. The van der Waals surface area contributed by atoms with Crippen LogP contribution in [-0.4, -0.2) is 34.9 Å². The van der Waals surface area contributed by atoms with Gasteiger partial charge in [0.2, 0.25) is 0 Å². The van der Waals surface area contributed by atoms with E-state index in [0.717, 1.165) is 32.1 Å². The predicted octanol–water partition coefficient (Wildman–Crippen LogP) is 2.12. The SMILES string of the molecule is CCCCC(O)CCCCOC(=O)CCC(=O)O. The van der Waals surface area contributed by atoms with Gasteiger partial charge in [0.1, 0.15) is 0 Å². The van der Waals surface area contributed by atoms with Gasteiger partial charge in [0, 0.05) is 0 Å². The molecule has 18 heavy (non-hydrogen) atoms. The van der Waals surface area contributed by atoms with Crippen molar-refractivity contribution in [2.24, 2.45) is 0 Å². The Bertz CT molecular complexity index is 240. The number of aliphatic carboxylic acids is 1. The molecular weight excluding hydrogens is 236 g/mol. The monoisotopic (exact) mass is 260 g/mol. The van der Waals surface area contributed by atoms with Gasteiger partial charge >= 0.3 is 11.9 Å². The topological polar surface area (TPSA) is 83.8 Å². The van der Waals surface area contributed by atoms with Crippen LogP contribution in [0.5, 0.6) is 0 Å². The minimum Gasteiger partial charge on any atom is -0.481 e. The van der Waals surface area contributed by atoms with Crippen molar-refractivity contribution in [2.75, 3.05) is 6.61 Å². The maximum absolute atomic E-state index is 11.1. The van der Waals surface area contributed by atoms with Crippen molar-refractivity contribution in [2.45, 2.75) is 64.4 Å². The summed E-state index contributed by atoms with van der Waals surface area (Å²) in [4.78, 5) is 21.3. The molecule has 0 aromatic heterocycles. The molecule has 0 amide bonds. The van der Waals surface area contributed by atoms with Crippen LogP contribution >= 0.6 is 0 Å². The van der Waals surface area contributed by atoms with Crippen LogP contribution in [0, 0.1) is 0 Å². The maximum atomic E-state index is 11.1. The van der Waals surface area contributed by atoms with Gasteiger partial charge in [-0.15, -0.1) is 0 Å². The minimum atomic E-state index is -0.994. The van der Waals surface area contributed by atoms with E-state index in [-0.39, 0.29) is 18.9 Å². The third kappa shape index (κ3) is 11.4. The molecule has 5 heteroatoms. The van der Waals surface area contributed by atoms with Gasteiger partial charge < -0.3 is 14.9 Å². The van der Waals surface area contributed by atoms with E-state index in [1.54, 1.807) is 0 Å². The van der Waals surface area contributed by atoms with E-state index in [2.05, 4.69) is 6.92 Å². The van der Waals surface area contributed by atoms with Crippen LogP contribution in [0.25, 0.3) is 0 Å². The highest BCUT2D eigenvalue weighted by Gasteiger charge is 2.07. The van der Waals surface area contributed by atoms with Crippen molar-refractivity contribution < 1.29 is 24.5 Å². The summed E-state index contributed by atoms with van der Waals surface area (Å²) >= 11 is 0. The Morgan fingerprint density at radius 3 is 2.39 bits per heavy atom. The highest BCUT2D eigenvalue weighted by Crippen LogP contribution is 2.08. The van der Waals surface area contributed by atoms with Gasteiger partial charge in [-0.3, -0.25) is 9.59 Å². The molecule has 5 nitrogen and oxygen atoms in total. The summed E-state index contributed by atoms with van der Waals surface area (Å²) in [5.41, 5.74) is 0. The number of carboxylic acids is 1. The van der Waals surface area contributed by atoms with E-state index in [4.69, 9.17) is 9.84 Å². The van der Waals surface area contributed by atoms with Crippen LogP contribution in [0.4, 0.5) is 0 Å². The Hall–Kier alpha value is -1.10. The third-order valence-corrected chi connectivity index (χ3v) is 2.63. The minimum absolute atomic E-state index is 0.0749. The lowest BCUT2D eigenvalue weighted by Crippen LogP contribution is -2.10. The van der Waals surface area contributed by atoms with Gasteiger partial charge in [0.15, 0.2) is 0 Å². The van der Waals surface area contributed by atoms with Gasteiger partial charge in [0.05, 0.1) is 25.6 Å². The molecule has 0 saturated carbocycles. The molecule has 2 N–H and O–H groups in total. The lowest BCUT2D eigenvalue weighted by Gasteiger charge is -2.09. The second-order valence-electron chi connectivity index (χ2n) is 4.41. The Kier molecular flexibility index (Phi) is 10.3. The predicted molar refractivity (Wildman–Crippen MR) is 67.2 cm³/mol. The highest BCUT2D eigenvalue weighted by atomic mass is 16.5. The van der Waals surface area contributed by atoms with Crippen LogP contribution in [0.2, 0.25) is 0 Å². The smallest absolute Gasteiger partial charge is 0.306 e. The molecular formula is C13H24O5. The van der Waals surface area contributed by atoms with Gasteiger partial charge in [-0.25, -0.2) is 0 Å². The Morgan fingerprint density at radius 1 is 1.11 bits per heavy atom. The van der Waals surface area contributed by atoms with Crippen molar-refractivity contribution in [1.82, 2.24) is 0 Å². The first-order chi connectivity index (χ1) is 8.56. The van der Waals surface area contributed by atoms with Crippen LogP contribution in [0.3, 0.4) is 0 Å². The van der Waals surface area contributed by atoms with Crippen LogP contribution < -0.4 is 0 Å². The Labute approximate surface area is 108 Å². The quantitative estimate of drug-likeness (QED) is 0.439. The number of unbranched alkanes of at least 4 members (excludes halogenated alkanes) is 2. The maximum Gasteiger partial charge on any atom is 0.306 e. The number of aliphatic hydroxyl groups is 1. The van der Waals surface area contributed by atoms with Crippen LogP contribution in [0.1, 0.15) is 58.3 Å². The molecule has 0 aliphatic rings. The van der Waals surface area contributed by atoms with E-state index in [9.17, 15) is 14.7 Å². The molecule has 0 fully saturated rings. The van der Waals surface area contributed by atoms with E-state index in [1.807, 2.05) is 0 Å². The van der Waals surface area contributed by atoms with E-state index < -0.39 is 11.9 Å². The number of aliphatic hydroxyl groups excluding tert-OH is 1. The molecule has 0 rings (SSSR count). The summed E-state index contributed by atoms with van der Waals surface area (Å²) in [6.45, 7) is 2.39. The average molecular weight is 260 g/mol. The first kappa shape index (κ1) is 16.9. The fraction of sp³-hybridized carbons (Fsp3) is 0.846. The molecule has 0 bridgehead atoms. The highest BCUT2D eigenvalue weighted by molar-refractivity contribution is 5.76. The zero-order chi connectivity index (χ0) is 13.8. The average Bonchev–Trinajstić information content (AvgIpc) is 2.33. The van der Waals surface area contributed by atoms with Gasteiger partial charge in [-0.05, 0) is 25.7 Å². The molecule has 0 heterocycles. The largest absolute Gasteiger partial charge is 0.481 e. The summed E-state index contributed by atoms with van der Waals surface area (Å²) in [5, 5.41) is 17.9. The van der Waals surface area contributed by atoms with Crippen molar-refractivity contribution in [3.63, 3.8) is 0 Å². The van der Waals surface area contributed by atoms with Crippen molar-refractivity contribution in [3.8, 4) is 0 Å². The van der Waals surface area contributed by atoms with E-state index in [1.165, 1.54) is 0 Å². The summed E-state index contributed by atoms with van der Waals surface area (Å²) < 4.78 is 4.87. The molecule has 0 radical (unpaired) electrons. The number of ether oxygens (including phenoxy) is 1. The van der Waals surface area contributed by atoms with Crippen LogP contribution in [0.15, 0.2) is 0 Å². The second kappa shape index (κ2) is 11.0. The van der Waals surface area contributed by atoms with Gasteiger partial charge in [-0.2, -0.15) is 0 Å². The normalized spacial score (nSPS) is 12.1. The van der Waals surface area contributed by atoms with Crippen molar-refractivity contribution >= 4 is 11.9 Å². The van der Waals surface area contributed by atoms with E-state index in [0.29, 0.717) is 13.0 Å². The zero-order valence-corrected chi connectivity index (χ0v) is 11.1. The van der Waals surface area contributed by atoms with Crippen molar-refractivity contribution in [1.29, 1.82) is 0 Å². The van der Waals surface area contributed by atoms with Crippen LogP contribution in [-0.2, 0) is 14.3 Å². The second-order valence-corrected chi connectivity index (χ2v) is 4.41. The molecule has 0 aromatic rings. The Balaban J connectivity index is 3.34. The molecule has 0 spiro atoms. The lowest BCUT2D eigenvalue weighted by atomic mass is 10.1. The van der Waals surface area contributed by atoms with E-state index >= 15 is 0 Å². The van der Waals surface area contributed by atoms with Gasteiger partial charge in [-0.1, -0.05) is 19.8 Å². The number of carbonyl (C=O) groups excluding carboxylic acids is 1.